The molecule has 0 N–H and O–H groups in total. The Bertz CT molecular complexity index is 1880. The van der Waals surface area contributed by atoms with Crippen LogP contribution < -0.4 is 19.6 Å². The van der Waals surface area contributed by atoms with Crippen molar-refractivity contribution in [2.75, 3.05) is 7.11 Å². The molecule has 214 valence electrons. The Morgan fingerprint density at radius 2 is 1.88 bits per heavy atom. The molecule has 11 nitrogen and oxygen atoms in total. The lowest BCUT2D eigenvalue weighted by molar-refractivity contribution is -0.387. The predicted molar refractivity (Wildman–Crippen MR) is 157 cm³/mol. The van der Waals surface area contributed by atoms with Crippen LogP contribution >= 0.6 is 23.1 Å². The van der Waals surface area contributed by atoms with Gasteiger partial charge in [0.2, 0.25) is 0 Å². The van der Waals surface area contributed by atoms with Gasteiger partial charge in [0.15, 0.2) is 9.96 Å². The number of allylic oxidation sites excluding steroid dienone is 1. The van der Waals surface area contributed by atoms with E-state index in [0.29, 0.717) is 42.0 Å². The zero-order valence-electron chi connectivity index (χ0n) is 23.0. The number of carbonyl (C=O) groups is 1. The molecule has 4 aromatic rings. The van der Waals surface area contributed by atoms with Crippen LogP contribution in [0.15, 0.2) is 92.0 Å². The van der Waals surface area contributed by atoms with Gasteiger partial charge in [-0.2, -0.15) is 0 Å². The van der Waals surface area contributed by atoms with Crippen LogP contribution in [0.4, 0.5) is 5.69 Å². The molecule has 0 spiro atoms. The third-order valence-electron chi connectivity index (χ3n) is 6.24. The number of benzene rings is 2. The Labute approximate surface area is 248 Å². The van der Waals surface area contributed by atoms with Crippen molar-refractivity contribution >= 4 is 40.8 Å². The first-order valence-electron chi connectivity index (χ1n) is 12.8. The second kappa shape index (κ2) is 12.1. The van der Waals surface area contributed by atoms with Crippen LogP contribution in [0.2, 0.25) is 0 Å². The summed E-state index contributed by atoms with van der Waals surface area (Å²) in [6, 6.07) is 12.7. The highest BCUT2D eigenvalue weighted by Gasteiger charge is 2.34. The van der Waals surface area contributed by atoms with Gasteiger partial charge in [-0.05, 0) is 74.0 Å². The second-order valence-corrected chi connectivity index (χ2v) is 11.4. The molecule has 42 heavy (non-hydrogen) atoms. The average Bonchev–Trinajstić information content (AvgIpc) is 3.27. The van der Waals surface area contributed by atoms with E-state index in [9.17, 15) is 19.7 Å². The number of esters is 1. The van der Waals surface area contributed by atoms with Gasteiger partial charge in [-0.3, -0.25) is 19.5 Å². The zero-order valence-corrected chi connectivity index (χ0v) is 24.6. The number of ether oxygens (including phenoxy) is 2. The highest BCUT2D eigenvalue weighted by molar-refractivity contribution is 7.99. The quantitative estimate of drug-likeness (QED) is 0.126. The first-order chi connectivity index (χ1) is 20.2. The molecule has 0 saturated heterocycles. The van der Waals surface area contributed by atoms with Crippen LogP contribution in [-0.4, -0.2) is 38.6 Å². The van der Waals surface area contributed by atoms with Gasteiger partial charge >= 0.3 is 5.97 Å². The number of rotatable bonds is 8. The summed E-state index contributed by atoms with van der Waals surface area (Å²) in [5, 5.41) is 12.3. The predicted octanol–water partition coefficient (Wildman–Crippen LogP) is 4.04. The minimum atomic E-state index is -0.792. The first-order valence-corrected chi connectivity index (χ1v) is 14.4. The Balaban J connectivity index is 1.62. The summed E-state index contributed by atoms with van der Waals surface area (Å²) in [6.45, 7) is 5.21. The normalized spacial score (nSPS) is 14.9. The molecule has 1 unspecified atom stereocenters. The molecule has 3 heterocycles. The van der Waals surface area contributed by atoms with E-state index in [1.807, 2.05) is 0 Å². The summed E-state index contributed by atoms with van der Waals surface area (Å²) in [4.78, 5) is 52.1. The Kier molecular flexibility index (Phi) is 8.31. The second-order valence-electron chi connectivity index (χ2n) is 9.43. The third kappa shape index (κ3) is 5.87. The fraction of sp³-hybridized carbons (Fsp3) is 0.207. The van der Waals surface area contributed by atoms with Gasteiger partial charge in [0.25, 0.3) is 11.2 Å². The number of hydrogen-bond donors (Lipinski definition) is 0. The molecule has 0 fully saturated rings. The van der Waals surface area contributed by atoms with Gasteiger partial charge in [0.1, 0.15) is 5.75 Å². The van der Waals surface area contributed by atoms with Gasteiger partial charge < -0.3 is 9.47 Å². The summed E-state index contributed by atoms with van der Waals surface area (Å²) in [5.41, 5.74) is 1.30. The first kappa shape index (κ1) is 28.9. The molecular weight excluding hydrogens is 578 g/mol. The largest absolute Gasteiger partial charge is 0.497 e. The highest BCUT2D eigenvalue weighted by atomic mass is 32.2. The average molecular weight is 604 g/mol. The number of hydrogen-bond acceptors (Lipinski definition) is 11. The number of aromatic nitrogens is 3. The van der Waals surface area contributed by atoms with Crippen LogP contribution in [-0.2, 0) is 9.53 Å². The van der Waals surface area contributed by atoms with E-state index in [-0.39, 0.29) is 22.9 Å². The van der Waals surface area contributed by atoms with E-state index >= 15 is 0 Å². The third-order valence-corrected chi connectivity index (χ3v) is 8.18. The van der Waals surface area contributed by atoms with Gasteiger partial charge in [0, 0.05) is 18.5 Å². The van der Waals surface area contributed by atoms with E-state index in [0.717, 1.165) is 23.1 Å². The Morgan fingerprint density at radius 3 is 2.52 bits per heavy atom. The van der Waals surface area contributed by atoms with Gasteiger partial charge in [-0.1, -0.05) is 29.5 Å². The molecule has 0 radical (unpaired) electrons. The molecule has 0 bridgehead atoms. The topological polar surface area (TPSA) is 139 Å². The molecule has 13 heteroatoms. The van der Waals surface area contributed by atoms with Crippen LogP contribution in [0.3, 0.4) is 0 Å². The van der Waals surface area contributed by atoms with Crippen LogP contribution in [0.1, 0.15) is 37.9 Å². The van der Waals surface area contributed by atoms with Crippen molar-refractivity contribution in [1.29, 1.82) is 0 Å². The van der Waals surface area contributed by atoms with Crippen LogP contribution in [0.5, 0.6) is 5.75 Å². The summed E-state index contributed by atoms with van der Waals surface area (Å²) < 4.78 is 12.6. The monoisotopic (exact) mass is 603 g/mol. The molecule has 0 saturated carbocycles. The Hall–Kier alpha value is -4.62. The number of carbonyl (C=O) groups excluding carboxylic acids is 1. The van der Waals surface area contributed by atoms with Crippen molar-refractivity contribution in [3.63, 3.8) is 0 Å². The van der Waals surface area contributed by atoms with Gasteiger partial charge in [0.05, 0.1) is 44.9 Å². The maximum Gasteiger partial charge on any atom is 0.338 e. The molecule has 0 amide bonds. The van der Waals surface area contributed by atoms with E-state index in [2.05, 4.69) is 15.0 Å². The summed E-state index contributed by atoms with van der Waals surface area (Å²) >= 11 is 2.21. The van der Waals surface area contributed by atoms with E-state index < -0.39 is 16.9 Å². The lowest BCUT2D eigenvalue weighted by Gasteiger charge is -2.25. The molecular formula is C29H25N5O6S2. The minimum absolute atomic E-state index is 0.139. The minimum Gasteiger partial charge on any atom is -0.497 e. The molecule has 1 aliphatic heterocycles. The maximum absolute atomic E-state index is 13.9. The van der Waals surface area contributed by atoms with Gasteiger partial charge in [-0.25, -0.2) is 19.8 Å². The summed E-state index contributed by atoms with van der Waals surface area (Å²) in [7, 11) is 1.55. The fourth-order valence-corrected chi connectivity index (χ4v) is 6.25. The Morgan fingerprint density at radius 1 is 1.17 bits per heavy atom. The molecule has 1 atom stereocenters. The van der Waals surface area contributed by atoms with Crippen LogP contribution in [0.25, 0.3) is 6.08 Å². The molecule has 1 aliphatic rings. The number of methoxy groups -OCH3 is 1. The van der Waals surface area contributed by atoms with E-state index in [4.69, 9.17) is 9.47 Å². The summed E-state index contributed by atoms with van der Waals surface area (Å²) in [6.07, 6.45) is 4.33. The number of fused-ring (bicyclic) bond motifs is 1. The van der Waals surface area contributed by atoms with Crippen molar-refractivity contribution in [3.8, 4) is 5.75 Å². The van der Waals surface area contributed by atoms with Crippen molar-refractivity contribution in [1.82, 2.24) is 14.5 Å². The van der Waals surface area contributed by atoms with E-state index in [1.165, 1.54) is 10.6 Å². The smallest absolute Gasteiger partial charge is 0.338 e. The number of nitro groups is 1. The van der Waals surface area contributed by atoms with Crippen molar-refractivity contribution in [3.05, 3.63) is 113 Å². The fourth-order valence-electron chi connectivity index (χ4n) is 4.40. The molecule has 2 aromatic heterocycles. The molecule has 2 aromatic carbocycles. The molecule has 5 rings (SSSR count). The standard InChI is InChI=1S/C29H25N5O6S2/c1-16(2)40-27(36)24-17(3)32-29-33(25(24)19-7-9-20(39-4)10-8-19)26(35)23(42-29)15-18-6-11-22(21(14-18)34(37)38)41-28-30-12-5-13-31-28/h5-16,25H,1-4H3/b23-15+. The summed E-state index contributed by atoms with van der Waals surface area (Å²) in [5.74, 6) is 0.0626. The number of nitrogens with zero attached hydrogens (tertiary/aromatic N) is 5. The zero-order chi connectivity index (χ0) is 30.0. The lowest BCUT2D eigenvalue weighted by Crippen LogP contribution is -2.40. The highest BCUT2D eigenvalue weighted by Crippen LogP contribution is 2.34. The maximum atomic E-state index is 13.9. The SMILES string of the molecule is COc1ccc(C2C(C(=O)OC(C)C)=C(C)N=c3s/c(=C/c4ccc(Sc5ncccn5)c([N+](=O)[O-])c4)c(=O)n32)cc1. The van der Waals surface area contributed by atoms with Crippen molar-refractivity contribution in [2.24, 2.45) is 4.99 Å². The number of thiazole rings is 1. The number of nitro benzene ring substituents is 1. The lowest BCUT2D eigenvalue weighted by atomic mass is 9.96. The van der Waals surface area contributed by atoms with Crippen molar-refractivity contribution in [2.45, 2.75) is 43.0 Å². The van der Waals surface area contributed by atoms with Crippen LogP contribution in [0, 0.1) is 10.1 Å². The molecule has 0 aliphatic carbocycles. The van der Waals surface area contributed by atoms with E-state index in [1.54, 1.807) is 88.8 Å². The van der Waals surface area contributed by atoms with Gasteiger partial charge in [-0.15, -0.1) is 0 Å². The van der Waals surface area contributed by atoms with Crippen molar-refractivity contribution < 1.29 is 19.2 Å².